The molecule has 458 valence electrons. The predicted octanol–water partition coefficient (Wildman–Crippen LogP) is 8.96. The van der Waals surface area contributed by atoms with Crippen LogP contribution in [0.1, 0.15) is 184 Å². The first-order valence-corrected chi connectivity index (χ1v) is 34.1. The van der Waals surface area contributed by atoms with Gasteiger partial charge < -0.3 is 60.8 Å². The largest absolute Gasteiger partial charge is 0.508 e. The van der Waals surface area contributed by atoms with E-state index in [1.54, 1.807) is 33.7 Å². The number of amides is 1. The van der Waals surface area contributed by atoms with E-state index in [1.807, 2.05) is 25.1 Å². The Morgan fingerprint density at radius 2 is 1.71 bits per heavy atom. The highest BCUT2D eigenvalue weighted by molar-refractivity contribution is 8.76. The number of aliphatic hydroxyl groups is 4. The molecule has 15 nitrogen and oxygen atoms in total. The van der Waals surface area contributed by atoms with Crippen LogP contribution in [-0.4, -0.2) is 128 Å². The Balaban J connectivity index is 1.07. The molecule has 0 aromatic heterocycles. The molecule has 1 spiro atoms. The number of piperidine rings is 2. The van der Waals surface area contributed by atoms with E-state index < -0.39 is 52.7 Å². The van der Waals surface area contributed by atoms with Crippen LogP contribution < -0.4 is 20.7 Å². The van der Waals surface area contributed by atoms with Crippen LogP contribution in [-0.2, 0) is 36.9 Å². The van der Waals surface area contributed by atoms with E-state index in [2.05, 4.69) is 41.6 Å². The van der Waals surface area contributed by atoms with Crippen LogP contribution in [0.25, 0.3) is 0 Å². The number of esters is 2. The lowest BCUT2D eigenvalue weighted by atomic mass is 9.51. The van der Waals surface area contributed by atoms with E-state index in [9.17, 15) is 40.2 Å². The Kier molecular flexibility index (Phi) is 20.1. The van der Waals surface area contributed by atoms with E-state index in [0.29, 0.717) is 126 Å². The number of rotatable bonds is 13. The predicted molar refractivity (Wildman–Crippen MR) is 323 cm³/mol. The van der Waals surface area contributed by atoms with Crippen molar-refractivity contribution >= 4 is 39.4 Å². The van der Waals surface area contributed by atoms with Crippen LogP contribution in [0.15, 0.2) is 30.3 Å². The maximum atomic E-state index is 15.9. The highest BCUT2D eigenvalue weighted by atomic mass is 33.1. The average Bonchev–Trinajstić information content (AvgIpc) is 2.42. The molecule has 9 N–H and O–H groups in total. The Hall–Kier alpha value is -3.73. The molecule has 2 aromatic carbocycles. The molecule has 0 unspecified atom stereocenters. The summed E-state index contributed by atoms with van der Waals surface area (Å²) in [5.74, 6) is 7.24. The van der Waals surface area contributed by atoms with Crippen LogP contribution >= 0.6 is 21.6 Å². The van der Waals surface area contributed by atoms with Crippen LogP contribution in [0.5, 0.6) is 17.2 Å². The maximum Gasteiger partial charge on any atom is 0.332 e. The number of aromatic hydroxyl groups is 2. The number of phenolic OH excluding ortho intramolecular Hbond substituents is 1. The highest BCUT2D eigenvalue weighted by Gasteiger charge is 2.61. The first kappa shape index (κ1) is 62.3. The van der Waals surface area contributed by atoms with Gasteiger partial charge in [-0.25, -0.2) is 4.79 Å². The molecule has 2 aromatic rings. The Labute approximate surface area is 500 Å². The molecule has 3 saturated heterocycles. The minimum Gasteiger partial charge on any atom is -0.508 e. The lowest BCUT2D eigenvalue weighted by molar-refractivity contribution is -0.183. The van der Waals surface area contributed by atoms with Gasteiger partial charge in [-0.1, -0.05) is 79.2 Å². The van der Waals surface area contributed by atoms with E-state index in [4.69, 9.17) is 14.2 Å². The van der Waals surface area contributed by atoms with Crippen molar-refractivity contribution in [2.45, 2.75) is 210 Å². The zero-order valence-corrected chi connectivity index (χ0v) is 51.3. The lowest BCUT2D eigenvalue weighted by Crippen LogP contribution is -2.65. The Morgan fingerprint density at radius 3 is 2.46 bits per heavy atom. The van der Waals surface area contributed by atoms with Gasteiger partial charge in [0.1, 0.15) is 23.5 Å². The first-order valence-electron chi connectivity index (χ1n) is 31.7. The van der Waals surface area contributed by atoms with Gasteiger partial charge in [0.05, 0.1) is 24.9 Å². The standard InChI is InChI=1S/C66H95N3O12S2/c1-40(2)28-43(29-42-13-17-53(73)46(30-42)35-70)34-68-52-37-82-83-39-63(4,78)33-45-11-9-10-44-31-50-51(64(38-71)21-7-8-22-64)36-79-61-55(75)19-16-49(59(50)61)60(44)65(24-26-67-27-25-65)57(32-56(80-41(3)72)48(45)15-18-54(52)74)81-62(77)66-23-6-5-12-47(66)14-20-58(76)69-66/h13,16-17,19,30,40,43-45,47-48,50-52,54,56-57,60,67-68,70-71,73-75,78H,5-8,11-12,14-15,18,20-29,31-39H2,1-4H3,(H,69,76)/t43-,44-,45-,47-,48+,50+,51+,52-,54+,56-,57+,60+,63+,66-/m0/s1. The molecular weight excluding hydrogens is 1090 g/mol. The van der Waals surface area contributed by atoms with Crippen LogP contribution in [0, 0.1) is 64.1 Å². The van der Waals surface area contributed by atoms with Crippen molar-refractivity contribution in [3.05, 3.63) is 52.6 Å². The fraction of sp³-hybridized carbons (Fsp3) is 0.742. The Bertz CT molecular complexity index is 2660. The van der Waals surface area contributed by atoms with E-state index in [1.165, 1.54) is 6.92 Å². The van der Waals surface area contributed by atoms with Crippen LogP contribution in [0.3, 0.4) is 0 Å². The zero-order chi connectivity index (χ0) is 58.7. The summed E-state index contributed by atoms with van der Waals surface area (Å²) in [6.07, 6.45) is 10.3. The fourth-order valence-electron chi connectivity index (χ4n) is 17.5. The van der Waals surface area contributed by atoms with E-state index in [0.717, 1.165) is 68.1 Å². The number of nitrogens with one attached hydrogen (secondary N) is 3. The quantitative estimate of drug-likeness (QED) is 0.0517. The van der Waals surface area contributed by atoms with Crippen LogP contribution in [0.4, 0.5) is 0 Å². The van der Waals surface area contributed by atoms with Gasteiger partial charge >= 0.3 is 11.9 Å². The molecule has 4 aliphatic heterocycles. The third kappa shape index (κ3) is 13.4. The Morgan fingerprint density at radius 1 is 0.940 bits per heavy atom. The van der Waals surface area contributed by atoms with Crippen molar-refractivity contribution in [1.29, 1.82) is 0 Å². The number of benzene rings is 2. The van der Waals surface area contributed by atoms with Crippen molar-refractivity contribution in [1.82, 2.24) is 16.0 Å². The van der Waals surface area contributed by atoms with Crippen molar-refractivity contribution in [2.75, 3.05) is 44.4 Å². The maximum absolute atomic E-state index is 15.9. The van der Waals surface area contributed by atoms with Gasteiger partial charge in [0.25, 0.3) is 0 Å². The number of hydrogen-bond donors (Lipinski definition) is 9. The van der Waals surface area contributed by atoms with Crippen molar-refractivity contribution in [2.24, 2.45) is 52.3 Å². The number of ether oxygens (including phenoxy) is 3. The van der Waals surface area contributed by atoms with Gasteiger partial charge in [-0.05, 0) is 169 Å². The van der Waals surface area contributed by atoms with Crippen molar-refractivity contribution in [3.8, 4) is 29.1 Å². The average molecular weight is 1190 g/mol. The molecule has 8 aliphatic rings. The summed E-state index contributed by atoms with van der Waals surface area (Å²) >= 11 is 0. The molecule has 2 saturated carbocycles. The van der Waals surface area contributed by atoms with Gasteiger partial charge in [0.15, 0.2) is 11.5 Å². The minimum atomic E-state index is -1.21. The summed E-state index contributed by atoms with van der Waals surface area (Å²) in [6.45, 7) is 9.71. The summed E-state index contributed by atoms with van der Waals surface area (Å²) in [4.78, 5) is 43.3. The van der Waals surface area contributed by atoms with Gasteiger partial charge in [-0.2, -0.15) is 0 Å². The zero-order valence-electron chi connectivity index (χ0n) is 49.6. The summed E-state index contributed by atoms with van der Waals surface area (Å²) in [5.41, 5.74) is -0.0651. The molecule has 1 amide bonds. The molecule has 4 aliphatic carbocycles. The number of aliphatic hydroxyl groups excluding tert-OH is 3. The van der Waals surface area contributed by atoms with Gasteiger partial charge in [0, 0.05) is 96.0 Å². The SMILES string of the molecule is CC(=O)O[C@H]1C[C@@H](OC(=O)[C@]23CCCC[C@H]2CCC(=O)N3)C2(CCNCC2)[C@H]2c3ccc(O)c4c3[C@H](C[C@@H]2C#CC[C@H]2C[C@@](C)(O)CSSC[C@H](NC[C@H](Cc3ccc(O)c(CO)c3)CC(C)C)[C@H](O)CC[C@H]21)[C@H](C1(CO)CCCC1)CO4. The first-order chi connectivity index (χ1) is 39.9. The summed E-state index contributed by atoms with van der Waals surface area (Å²) in [6, 6.07) is 8.86. The summed E-state index contributed by atoms with van der Waals surface area (Å²) < 4.78 is 20.8. The topological polar surface area (TPSA) is 236 Å². The van der Waals surface area contributed by atoms with Gasteiger partial charge in [-0.3, -0.25) is 9.59 Å². The molecule has 4 heterocycles. The second-order valence-corrected chi connectivity index (χ2v) is 29.9. The molecular formula is C66H95N3O12S2. The number of hydrogen-bond acceptors (Lipinski definition) is 16. The third-order valence-electron chi connectivity index (χ3n) is 21.5. The molecule has 14 atom stereocenters. The van der Waals surface area contributed by atoms with Gasteiger partial charge in [-0.15, -0.1) is 5.92 Å². The number of carbonyl (C=O) groups is 3. The summed E-state index contributed by atoms with van der Waals surface area (Å²) in [7, 11) is 3.22. The van der Waals surface area contributed by atoms with Crippen molar-refractivity contribution in [3.63, 3.8) is 0 Å². The molecule has 0 radical (unpaired) electrons. The smallest absolute Gasteiger partial charge is 0.332 e. The van der Waals surface area contributed by atoms with Gasteiger partial charge in [0.2, 0.25) is 5.91 Å². The second-order valence-electron chi connectivity index (χ2n) is 27.4. The number of fused-ring (bicyclic) bond motifs is 5. The molecule has 5 fully saturated rings. The third-order valence-corrected chi connectivity index (χ3v) is 24.1. The summed E-state index contributed by atoms with van der Waals surface area (Å²) in [5, 5.41) is 79.2. The molecule has 10 rings (SSSR count). The highest BCUT2D eigenvalue weighted by Crippen LogP contribution is 2.65. The monoisotopic (exact) mass is 1190 g/mol. The normalized spacial score (nSPS) is 34.7. The molecule has 17 heteroatoms. The molecule has 83 heavy (non-hydrogen) atoms. The fourth-order valence-corrected chi connectivity index (χ4v) is 20.3. The second kappa shape index (κ2) is 26.7. The van der Waals surface area contributed by atoms with Crippen molar-refractivity contribution < 1.29 is 59.2 Å². The van der Waals surface area contributed by atoms with Crippen LogP contribution in [0.2, 0.25) is 0 Å². The molecule has 0 bridgehead atoms. The van der Waals surface area contributed by atoms with E-state index in [-0.39, 0.29) is 89.9 Å². The minimum absolute atomic E-state index is 0.0292. The van der Waals surface area contributed by atoms with E-state index >= 15 is 4.79 Å². The lowest BCUT2D eigenvalue weighted by Gasteiger charge is -2.56. The number of carbonyl (C=O) groups excluding carboxylic acids is 3. The number of phenols is 2.